The molecule has 2 fully saturated rings. The van der Waals surface area contributed by atoms with Crippen LogP contribution in [0.25, 0.3) is 0 Å². The minimum Gasteiger partial charge on any atom is -0.391 e. The first-order valence-electron chi connectivity index (χ1n) is 11.2. The summed E-state index contributed by atoms with van der Waals surface area (Å²) in [5.74, 6) is 0.0275. The van der Waals surface area contributed by atoms with E-state index in [0.29, 0.717) is 24.3 Å². The molecule has 162 valence electrons. The SMILES string of the molecule is CC(C)OCCCNC1CCN(c2ccc(C(=O)N3CCC[C@H](O)C3)cc2)CC1. The lowest BCUT2D eigenvalue weighted by Crippen LogP contribution is -2.43. The maximum absolute atomic E-state index is 12.6. The van der Waals surface area contributed by atoms with Crippen molar-refractivity contribution < 1.29 is 14.6 Å². The van der Waals surface area contributed by atoms with Crippen LogP contribution in [0.15, 0.2) is 24.3 Å². The van der Waals surface area contributed by atoms with Crippen molar-refractivity contribution in [3.05, 3.63) is 29.8 Å². The zero-order valence-corrected chi connectivity index (χ0v) is 18.0. The van der Waals surface area contributed by atoms with Crippen molar-refractivity contribution in [2.75, 3.05) is 44.2 Å². The third-order valence-electron chi connectivity index (χ3n) is 5.86. The number of anilines is 1. The van der Waals surface area contributed by atoms with Crippen LogP contribution in [0.2, 0.25) is 0 Å². The summed E-state index contributed by atoms with van der Waals surface area (Å²) < 4.78 is 5.59. The van der Waals surface area contributed by atoms with E-state index in [1.54, 1.807) is 4.90 Å². The van der Waals surface area contributed by atoms with E-state index in [9.17, 15) is 9.90 Å². The highest BCUT2D eigenvalue weighted by molar-refractivity contribution is 5.94. The number of carbonyl (C=O) groups is 1. The summed E-state index contributed by atoms with van der Waals surface area (Å²) in [7, 11) is 0. The highest BCUT2D eigenvalue weighted by Crippen LogP contribution is 2.22. The van der Waals surface area contributed by atoms with Gasteiger partial charge in [0.25, 0.3) is 5.91 Å². The number of carbonyl (C=O) groups excluding carboxylic acids is 1. The molecule has 0 spiro atoms. The fourth-order valence-electron chi connectivity index (χ4n) is 4.18. The number of likely N-dealkylation sites (tertiary alicyclic amines) is 1. The van der Waals surface area contributed by atoms with Crippen molar-refractivity contribution in [1.29, 1.82) is 0 Å². The molecule has 6 nitrogen and oxygen atoms in total. The van der Waals surface area contributed by atoms with Crippen molar-refractivity contribution >= 4 is 11.6 Å². The summed E-state index contributed by atoms with van der Waals surface area (Å²) in [5, 5.41) is 13.5. The van der Waals surface area contributed by atoms with Gasteiger partial charge in [0, 0.05) is 50.1 Å². The molecule has 1 amide bonds. The molecule has 2 saturated heterocycles. The molecular formula is C23H37N3O3. The van der Waals surface area contributed by atoms with E-state index < -0.39 is 0 Å². The van der Waals surface area contributed by atoms with Crippen LogP contribution in [-0.2, 0) is 4.74 Å². The average Bonchev–Trinajstić information content (AvgIpc) is 2.73. The van der Waals surface area contributed by atoms with Gasteiger partial charge in [-0.15, -0.1) is 0 Å². The Bertz CT molecular complexity index is 627. The Kier molecular flexibility index (Phi) is 8.33. The lowest BCUT2D eigenvalue weighted by Gasteiger charge is -2.34. The van der Waals surface area contributed by atoms with E-state index in [0.717, 1.165) is 64.9 Å². The Morgan fingerprint density at radius 1 is 1.17 bits per heavy atom. The van der Waals surface area contributed by atoms with Crippen LogP contribution < -0.4 is 10.2 Å². The fourth-order valence-corrected chi connectivity index (χ4v) is 4.18. The van der Waals surface area contributed by atoms with Gasteiger partial charge in [0.05, 0.1) is 12.2 Å². The molecule has 2 heterocycles. The van der Waals surface area contributed by atoms with Crippen LogP contribution in [0.1, 0.15) is 56.3 Å². The van der Waals surface area contributed by atoms with Crippen LogP contribution in [0.3, 0.4) is 0 Å². The summed E-state index contributed by atoms with van der Waals surface area (Å²) in [6.45, 7) is 9.24. The molecule has 0 radical (unpaired) electrons. The molecule has 6 heteroatoms. The molecule has 1 atom stereocenters. The third-order valence-corrected chi connectivity index (χ3v) is 5.86. The van der Waals surface area contributed by atoms with Gasteiger partial charge in [-0.1, -0.05) is 0 Å². The van der Waals surface area contributed by atoms with E-state index in [1.165, 1.54) is 5.69 Å². The normalized spacial score (nSPS) is 21.0. The first-order chi connectivity index (χ1) is 14.0. The molecule has 0 saturated carbocycles. The van der Waals surface area contributed by atoms with Crippen molar-refractivity contribution in [3.8, 4) is 0 Å². The summed E-state index contributed by atoms with van der Waals surface area (Å²) >= 11 is 0. The quantitative estimate of drug-likeness (QED) is 0.654. The largest absolute Gasteiger partial charge is 0.391 e. The van der Waals surface area contributed by atoms with E-state index in [-0.39, 0.29) is 12.0 Å². The van der Waals surface area contributed by atoms with Crippen molar-refractivity contribution in [2.24, 2.45) is 0 Å². The maximum atomic E-state index is 12.6. The molecule has 2 aliphatic heterocycles. The number of β-amino-alcohol motifs (C(OH)–C–C–N with tert-alkyl or cyclic N) is 1. The predicted molar refractivity (Wildman–Crippen MR) is 117 cm³/mol. The number of nitrogens with zero attached hydrogens (tertiary/aromatic N) is 2. The number of nitrogens with one attached hydrogen (secondary N) is 1. The molecule has 0 aromatic heterocycles. The highest BCUT2D eigenvalue weighted by Gasteiger charge is 2.23. The van der Waals surface area contributed by atoms with E-state index in [4.69, 9.17) is 4.74 Å². The summed E-state index contributed by atoms with van der Waals surface area (Å²) in [6, 6.07) is 8.56. The minimum atomic E-state index is -0.385. The van der Waals surface area contributed by atoms with Crippen LogP contribution in [0.4, 0.5) is 5.69 Å². The lowest BCUT2D eigenvalue weighted by molar-refractivity contribution is 0.0474. The van der Waals surface area contributed by atoms with Gasteiger partial charge in [0.2, 0.25) is 0 Å². The van der Waals surface area contributed by atoms with Crippen LogP contribution in [0.5, 0.6) is 0 Å². The summed E-state index contributed by atoms with van der Waals surface area (Å²) in [6.07, 6.45) is 4.92. The number of benzene rings is 1. The van der Waals surface area contributed by atoms with E-state index in [1.807, 2.05) is 12.1 Å². The van der Waals surface area contributed by atoms with Gasteiger partial charge in [-0.3, -0.25) is 4.79 Å². The standard InChI is InChI=1S/C23H37N3O3/c1-18(2)29-16-4-12-24-20-10-14-25(15-11-20)21-8-6-19(7-9-21)23(28)26-13-3-5-22(27)17-26/h6-9,18,20,22,24,27H,3-5,10-17H2,1-2H3/t22-/m0/s1. The van der Waals surface area contributed by atoms with Gasteiger partial charge in [0.1, 0.15) is 0 Å². The smallest absolute Gasteiger partial charge is 0.253 e. The number of hydrogen-bond donors (Lipinski definition) is 2. The molecule has 0 aliphatic carbocycles. The number of hydrogen-bond acceptors (Lipinski definition) is 5. The Balaban J connectivity index is 1.41. The number of aliphatic hydroxyl groups is 1. The molecule has 29 heavy (non-hydrogen) atoms. The van der Waals surface area contributed by atoms with E-state index >= 15 is 0 Å². The van der Waals surface area contributed by atoms with E-state index in [2.05, 4.69) is 36.2 Å². The Morgan fingerprint density at radius 2 is 1.90 bits per heavy atom. The van der Waals surface area contributed by atoms with Gasteiger partial charge in [-0.05, 0) is 76.8 Å². The zero-order valence-electron chi connectivity index (χ0n) is 18.0. The molecule has 0 unspecified atom stereocenters. The molecule has 2 aliphatic rings. The third kappa shape index (κ3) is 6.69. The van der Waals surface area contributed by atoms with Gasteiger partial charge < -0.3 is 25.0 Å². The zero-order chi connectivity index (χ0) is 20.6. The number of ether oxygens (including phenoxy) is 1. The minimum absolute atomic E-state index is 0.0275. The van der Waals surface area contributed by atoms with Crippen LogP contribution >= 0.6 is 0 Å². The van der Waals surface area contributed by atoms with Crippen LogP contribution in [-0.4, -0.2) is 73.5 Å². The number of rotatable bonds is 8. The van der Waals surface area contributed by atoms with Crippen LogP contribution in [0, 0.1) is 0 Å². The lowest BCUT2D eigenvalue weighted by atomic mass is 10.0. The first kappa shape index (κ1) is 22.1. The second-order valence-electron chi connectivity index (χ2n) is 8.58. The average molecular weight is 404 g/mol. The first-order valence-corrected chi connectivity index (χ1v) is 11.2. The summed E-state index contributed by atoms with van der Waals surface area (Å²) in [4.78, 5) is 16.8. The predicted octanol–water partition coefficient (Wildman–Crippen LogP) is 2.66. The molecule has 1 aromatic carbocycles. The fraction of sp³-hybridized carbons (Fsp3) is 0.696. The maximum Gasteiger partial charge on any atom is 0.253 e. The molecule has 3 rings (SSSR count). The number of aliphatic hydroxyl groups excluding tert-OH is 1. The Labute approximate surface area is 175 Å². The van der Waals surface area contributed by atoms with Crippen molar-refractivity contribution in [2.45, 2.75) is 64.2 Å². The van der Waals surface area contributed by atoms with Crippen molar-refractivity contribution in [3.63, 3.8) is 0 Å². The van der Waals surface area contributed by atoms with Gasteiger partial charge in [-0.25, -0.2) is 0 Å². The van der Waals surface area contributed by atoms with Gasteiger partial charge >= 0.3 is 0 Å². The number of amides is 1. The second kappa shape index (κ2) is 11.0. The van der Waals surface area contributed by atoms with Crippen molar-refractivity contribution in [1.82, 2.24) is 10.2 Å². The van der Waals surface area contributed by atoms with Gasteiger partial charge in [0.15, 0.2) is 0 Å². The Morgan fingerprint density at radius 3 is 2.55 bits per heavy atom. The molecular weight excluding hydrogens is 366 g/mol. The molecule has 0 bridgehead atoms. The topological polar surface area (TPSA) is 65.0 Å². The molecule has 2 N–H and O–H groups in total. The van der Waals surface area contributed by atoms with Gasteiger partial charge in [-0.2, -0.15) is 0 Å². The number of piperidine rings is 2. The Hall–Kier alpha value is -1.63. The monoisotopic (exact) mass is 403 g/mol. The molecule has 1 aromatic rings. The highest BCUT2D eigenvalue weighted by atomic mass is 16.5. The summed E-state index contributed by atoms with van der Waals surface area (Å²) in [5.41, 5.74) is 1.90. The second-order valence-corrected chi connectivity index (χ2v) is 8.58.